The largest absolute Gasteiger partial charge is 0.487 e. The maximum absolute atomic E-state index is 5.71. The van der Waals surface area contributed by atoms with E-state index in [1.165, 1.54) is 6.20 Å². The van der Waals surface area contributed by atoms with Crippen LogP contribution in [0.2, 0.25) is 5.15 Å². The van der Waals surface area contributed by atoms with Gasteiger partial charge in [0.2, 0.25) is 0 Å². The van der Waals surface area contributed by atoms with E-state index in [9.17, 15) is 0 Å². The first-order valence-corrected chi connectivity index (χ1v) is 7.16. The van der Waals surface area contributed by atoms with E-state index in [2.05, 4.69) is 32.0 Å². The Labute approximate surface area is 129 Å². The van der Waals surface area contributed by atoms with Gasteiger partial charge in [-0.15, -0.1) is 0 Å². The second-order valence-corrected chi connectivity index (χ2v) is 5.58. The van der Waals surface area contributed by atoms with Crippen molar-refractivity contribution in [3.63, 3.8) is 0 Å². The number of ether oxygens (including phenoxy) is 1. The second kappa shape index (κ2) is 5.77. The fourth-order valence-electron chi connectivity index (χ4n) is 1.86. The number of nitrogens with zero attached hydrogens (tertiary/aromatic N) is 2. The molecule has 0 aliphatic rings. The van der Waals surface area contributed by atoms with Crippen molar-refractivity contribution in [2.75, 3.05) is 0 Å². The minimum Gasteiger partial charge on any atom is -0.487 e. The molecule has 0 atom stereocenters. The molecule has 0 spiro atoms. The van der Waals surface area contributed by atoms with Crippen LogP contribution in [-0.2, 0) is 6.61 Å². The lowest BCUT2D eigenvalue weighted by Crippen LogP contribution is -1.98. The number of hydrogen-bond acceptors (Lipinski definition) is 3. The highest BCUT2D eigenvalue weighted by Gasteiger charge is 2.01. The van der Waals surface area contributed by atoms with Gasteiger partial charge in [0.15, 0.2) is 0 Å². The molecule has 0 fully saturated rings. The molecule has 2 aromatic carbocycles. The second-order valence-electron chi connectivity index (χ2n) is 4.27. The normalized spacial score (nSPS) is 10.7. The molecule has 1 aromatic heterocycles. The molecule has 5 heteroatoms. The lowest BCUT2D eigenvalue weighted by molar-refractivity contribution is 0.301. The maximum atomic E-state index is 5.71. The Balaban J connectivity index is 1.77. The quantitative estimate of drug-likeness (QED) is 0.692. The van der Waals surface area contributed by atoms with Gasteiger partial charge in [0.1, 0.15) is 17.5 Å². The molecule has 3 aromatic rings. The number of hydrogen-bond donors (Lipinski definition) is 0. The van der Waals surface area contributed by atoms with E-state index in [-0.39, 0.29) is 0 Å². The predicted octanol–water partition coefficient (Wildman–Crippen LogP) is 4.62. The molecule has 0 saturated heterocycles. The minimum absolute atomic E-state index is 0.367. The highest BCUT2D eigenvalue weighted by Crippen LogP contribution is 2.24. The van der Waals surface area contributed by atoms with Gasteiger partial charge in [0.05, 0.1) is 18.1 Å². The molecular weight excluding hydrogens is 340 g/mol. The smallest absolute Gasteiger partial charge is 0.147 e. The van der Waals surface area contributed by atoms with Gasteiger partial charge in [-0.25, -0.2) is 4.98 Å². The van der Waals surface area contributed by atoms with E-state index in [0.29, 0.717) is 11.8 Å². The van der Waals surface area contributed by atoms with Gasteiger partial charge in [0, 0.05) is 4.47 Å². The van der Waals surface area contributed by atoms with Gasteiger partial charge in [-0.3, -0.25) is 4.98 Å². The van der Waals surface area contributed by atoms with Gasteiger partial charge in [-0.2, -0.15) is 0 Å². The zero-order valence-corrected chi connectivity index (χ0v) is 12.7. The van der Waals surface area contributed by atoms with Crippen LogP contribution in [0.25, 0.3) is 10.8 Å². The van der Waals surface area contributed by atoms with Crippen molar-refractivity contribution in [3.8, 4) is 5.75 Å². The van der Waals surface area contributed by atoms with E-state index < -0.39 is 0 Å². The molecule has 0 bridgehead atoms. The summed E-state index contributed by atoms with van der Waals surface area (Å²) >= 11 is 9.15. The summed E-state index contributed by atoms with van der Waals surface area (Å²) in [5, 5.41) is 2.68. The summed E-state index contributed by atoms with van der Waals surface area (Å²) < 4.78 is 6.78. The van der Waals surface area contributed by atoms with Crippen LogP contribution in [0.3, 0.4) is 0 Å². The molecule has 20 heavy (non-hydrogen) atoms. The number of rotatable bonds is 3. The lowest BCUT2D eigenvalue weighted by Gasteiger charge is -2.07. The zero-order valence-electron chi connectivity index (χ0n) is 10.4. The molecule has 0 N–H and O–H groups in total. The SMILES string of the molecule is Clc1cnc(COc2ccc3cc(Br)ccc3c2)cn1. The van der Waals surface area contributed by atoms with E-state index in [1.807, 2.05) is 30.3 Å². The minimum atomic E-state index is 0.367. The van der Waals surface area contributed by atoms with Gasteiger partial charge < -0.3 is 4.74 Å². The van der Waals surface area contributed by atoms with Gasteiger partial charge in [-0.1, -0.05) is 39.7 Å². The summed E-state index contributed by atoms with van der Waals surface area (Å²) in [6.45, 7) is 0.367. The molecule has 3 rings (SSSR count). The Morgan fingerprint density at radius 2 is 1.80 bits per heavy atom. The summed E-state index contributed by atoms with van der Waals surface area (Å²) in [4.78, 5) is 8.11. The van der Waals surface area contributed by atoms with Crippen molar-refractivity contribution in [2.45, 2.75) is 6.61 Å². The molecular formula is C15H10BrClN2O. The first kappa shape index (κ1) is 13.3. The first-order chi connectivity index (χ1) is 9.70. The number of aromatic nitrogens is 2. The molecule has 0 amide bonds. The van der Waals surface area contributed by atoms with E-state index in [0.717, 1.165) is 26.7 Å². The van der Waals surface area contributed by atoms with Crippen molar-refractivity contribution in [1.82, 2.24) is 9.97 Å². The zero-order chi connectivity index (χ0) is 13.9. The standard InChI is InChI=1S/C15H10BrClN2O/c16-12-3-1-11-6-14(4-2-10(11)5-12)20-9-13-7-19-15(17)8-18-13/h1-8H,9H2. The van der Waals surface area contributed by atoms with Crippen molar-refractivity contribution in [1.29, 1.82) is 0 Å². The van der Waals surface area contributed by atoms with Crippen LogP contribution in [0.1, 0.15) is 5.69 Å². The third-order valence-corrected chi connectivity index (χ3v) is 3.52. The molecule has 100 valence electrons. The average molecular weight is 350 g/mol. The summed E-state index contributed by atoms with van der Waals surface area (Å²) in [5.74, 6) is 0.802. The Morgan fingerprint density at radius 1 is 1.00 bits per heavy atom. The van der Waals surface area contributed by atoms with Crippen molar-refractivity contribution < 1.29 is 4.74 Å². The van der Waals surface area contributed by atoms with Crippen molar-refractivity contribution >= 4 is 38.3 Å². The summed E-state index contributed by atoms with van der Waals surface area (Å²) in [5.41, 5.74) is 0.741. The summed E-state index contributed by atoms with van der Waals surface area (Å²) in [6.07, 6.45) is 3.12. The Hall–Kier alpha value is -1.65. The lowest BCUT2D eigenvalue weighted by atomic mass is 10.1. The van der Waals surface area contributed by atoms with Crippen LogP contribution in [0.15, 0.2) is 53.3 Å². The molecule has 0 saturated carbocycles. The van der Waals surface area contributed by atoms with Crippen LogP contribution in [0, 0.1) is 0 Å². The summed E-state index contributed by atoms with van der Waals surface area (Å²) in [6, 6.07) is 12.1. The van der Waals surface area contributed by atoms with Crippen LogP contribution in [-0.4, -0.2) is 9.97 Å². The predicted molar refractivity (Wildman–Crippen MR) is 83.0 cm³/mol. The Kier molecular flexibility index (Phi) is 3.85. The number of halogens is 2. The fourth-order valence-corrected chi connectivity index (χ4v) is 2.33. The van der Waals surface area contributed by atoms with Crippen LogP contribution < -0.4 is 4.74 Å². The Morgan fingerprint density at radius 3 is 2.60 bits per heavy atom. The van der Waals surface area contributed by atoms with Gasteiger partial charge in [0.25, 0.3) is 0 Å². The van der Waals surface area contributed by atoms with Crippen molar-refractivity contribution in [2.24, 2.45) is 0 Å². The maximum Gasteiger partial charge on any atom is 0.147 e. The van der Waals surface area contributed by atoms with E-state index in [1.54, 1.807) is 6.20 Å². The molecule has 0 radical (unpaired) electrons. The van der Waals surface area contributed by atoms with Gasteiger partial charge in [-0.05, 0) is 35.0 Å². The average Bonchev–Trinajstić information content (AvgIpc) is 2.46. The third kappa shape index (κ3) is 3.08. The molecule has 1 heterocycles. The van der Waals surface area contributed by atoms with Crippen LogP contribution in [0.5, 0.6) is 5.75 Å². The molecule has 0 aliphatic carbocycles. The third-order valence-electron chi connectivity index (χ3n) is 2.83. The molecule has 0 unspecified atom stereocenters. The fraction of sp³-hybridized carbons (Fsp3) is 0.0667. The van der Waals surface area contributed by atoms with Crippen molar-refractivity contribution in [3.05, 3.63) is 64.1 Å². The van der Waals surface area contributed by atoms with Crippen LogP contribution >= 0.6 is 27.5 Å². The van der Waals surface area contributed by atoms with E-state index >= 15 is 0 Å². The number of fused-ring (bicyclic) bond motifs is 1. The summed E-state index contributed by atoms with van der Waals surface area (Å²) in [7, 11) is 0. The highest BCUT2D eigenvalue weighted by atomic mass is 79.9. The number of benzene rings is 2. The monoisotopic (exact) mass is 348 g/mol. The van der Waals surface area contributed by atoms with Crippen LogP contribution in [0.4, 0.5) is 0 Å². The molecule has 0 aliphatic heterocycles. The topological polar surface area (TPSA) is 35.0 Å². The highest BCUT2D eigenvalue weighted by molar-refractivity contribution is 9.10. The first-order valence-electron chi connectivity index (χ1n) is 5.99. The Bertz CT molecular complexity index is 746. The molecule has 3 nitrogen and oxygen atoms in total. The van der Waals surface area contributed by atoms with Gasteiger partial charge >= 0.3 is 0 Å². The van der Waals surface area contributed by atoms with E-state index in [4.69, 9.17) is 16.3 Å².